The number of nitrogens with two attached hydrogens (primary N) is 1. The molecule has 0 saturated heterocycles. The predicted molar refractivity (Wildman–Crippen MR) is 73.1 cm³/mol. The van der Waals surface area contributed by atoms with Gasteiger partial charge in [-0.05, 0) is 43.0 Å². The average Bonchev–Trinajstić information content (AvgIpc) is 2.29. The van der Waals surface area contributed by atoms with Gasteiger partial charge in [-0.1, -0.05) is 48.0 Å². The molecule has 0 aliphatic heterocycles. The van der Waals surface area contributed by atoms with Crippen LogP contribution in [0.3, 0.4) is 0 Å². The van der Waals surface area contributed by atoms with Gasteiger partial charge in [0.05, 0.1) is 6.04 Å². The van der Waals surface area contributed by atoms with Crippen LogP contribution in [-0.4, -0.2) is 0 Å². The van der Waals surface area contributed by atoms with E-state index >= 15 is 0 Å². The Labute approximate surface area is 103 Å². The van der Waals surface area contributed by atoms with Gasteiger partial charge in [-0.3, -0.25) is 0 Å². The second-order valence-electron chi connectivity index (χ2n) is 4.69. The zero-order valence-corrected chi connectivity index (χ0v) is 10.7. The normalized spacial score (nSPS) is 12.5. The molecule has 0 aromatic heterocycles. The molecule has 2 N–H and O–H groups in total. The maximum atomic E-state index is 6.37. The second-order valence-corrected chi connectivity index (χ2v) is 4.69. The van der Waals surface area contributed by atoms with E-state index in [1.54, 1.807) is 0 Å². The standard InChI is InChI=1S/C16H19N/c1-11-8-9-15(13(3)10-11)16(17)14-7-5-4-6-12(14)2/h4-10,16H,17H2,1-3H3. The molecule has 1 unspecified atom stereocenters. The van der Waals surface area contributed by atoms with Crippen molar-refractivity contribution in [3.05, 3.63) is 70.3 Å². The molecule has 88 valence electrons. The Morgan fingerprint density at radius 1 is 0.824 bits per heavy atom. The summed E-state index contributed by atoms with van der Waals surface area (Å²) in [5.41, 5.74) is 12.6. The van der Waals surface area contributed by atoms with Crippen molar-refractivity contribution >= 4 is 0 Å². The van der Waals surface area contributed by atoms with Gasteiger partial charge in [-0.15, -0.1) is 0 Å². The fourth-order valence-corrected chi connectivity index (χ4v) is 2.28. The van der Waals surface area contributed by atoms with E-state index in [0.717, 1.165) is 0 Å². The summed E-state index contributed by atoms with van der Waals surface area (Å²) in [4.78, 5) is 0. The molecular weight excluding hydrogens is 206 g/mol. The van der Waals surface area contributed by atoms with Gasteiger partial charge in [0.25, 0.3) is 0 Å². The highest BCUT2D eigenvalue weighted by Crippen LogP contribution is 2.25. The quantitative estimate of drug-likeness (QED) is 0.829. The van der Waals surface area contributed by atoms with Gasteiger partial charge >= 0.3 is 0 Å². The van der Waals surface area contributed by atoms with Crippen LogP contribution in [-0.2, 0) is 0 Å². The van der Waals surface area contributed by atoms with Crippen LogP contribution in [0.15, 0.2) is 42.5 Å². The molecule has 1 atom stereocenters. The van der Waals surface area contributed by atoms with Crippen LogP contribution in [0.5, 0.6) is 0 Å². The minimum absolute atomic E-state index is 0.0307. The molecule has 0 amide bonds. The number of hydrogen-bond acceptors (Lipinski definition) is 1. The van der Waals surface area contributed by atoms with E-state index < -0.39 is 0 Å². The van der Waals surface area contributed by atoms with E-state index in [-0.39, 0.29) is 6.04 Å². The molecule has 0 fully saturated rings. The first-order chi connectivity index (χ1) is 8.09. The Morgan fingerprint density at radius 2 is 1.47 bits per heavy atom. The first-order valence-electron chi connectivity index (χ1n) is 5.98. The van der Waals surface area contributed by atoms with Crippen molar-refractivity contribution in [3.8, 4) is 0 Å². The third-order valence-electron chi connectivity index (χ3n) is 3.28. The number of aryl methyl sites for hydroxylation is 3. The van der Waals surface area contributed by atoms with E-state index in [0.29, 0.717) is 0 Å². The molecule has 2 aromatic rings. The zero-order chi connectivity index (χ0) is 12.4. The minimum Gasteiger partial charge on any atom is -0.320 e. The van der Waals surface area contributed by atoms with Gasteiger partial charge in [-0.2, -0.15) is 0 Å². The second kappa shape index (κ2) is 4.72. The van der Waals surface area contributed by atoms with Crippen LogP contribution < -0.4 is 5.73 Å². The molecule has 1 nitrogen and oxygen atoms in total. The highest BCUT2D eigenvalue weighted by molar-refractivity contribution is 5.41. The Bertz CT molecular complexity index is 529. The maximum absolute atomic E-state index is 6.37. The molecule has 1 heteroatoms. The van der Waals surface area contributed by atoms with Crippen molar-refractivity contribution in [1.29, 1.82) is 0 Å². The highest BCUT2D eigenvalue weighted by Gasteiger charge is 2.12. The third kappa shape index (κ3) is 2.40. The first kappa shape index (κ1) is 11.9. The van der Waals surface area contributed by atoms with Crippen molar-refractivity contribution in [2.75, 3.05) is 0 Å². The van der Waals surface area contributed by atoms with Crippen molar-refractivity contribution in [2.24, 2.45) is 5.73 Å². The fraction of sp³-hybridized carbons (Fsp3) is 0.250. The van der Waals surface area contributed by atoms with Crippen LogP contribution in [0.25, 0.3) is 0 Å². The lowest BCUT2D eigenvalue weighted by molar-refractivity contribution is 0.851. The molecule has 0 bridgehead atoms. The van der Waals surface area contributed by atoms with E-state index in [1.807, 2.05) is 12.1 Å². The zero-order valence-electron chi connectivity index (χ0n) is 10.7. The number of benzene rings is 2. The van der Waals surface area contributed by atoms with Crippen molar-refractivity contribution in [1.82, 2.24) is 0 Å². The Balaban J connectivity index is 2.44. The van der Waals surface area contributed by atoms with Crippen LogP contribution in [0.4, 0.5) is 0 Å². The van der Waals surface area contributed by atoms with Crippen molar-refractivity contribution < 1.29 is 0 Å². The maximum Gasteiger partial charge on any atom is 0.0556 e. The number of hydrogen-bond donors (Lipinski definition) is 1. The molecule has 2 rings (SSSR count). The monoisotopic (exact) mass is 225 g/mol. The molecule has 0 aliphatic carbocycles. The van der Waals surface area contributed by atoms with Gasteiger partial charge < -0.3 is 5.73 Å². The summed E-state index contributed by atoms with van der Waals surface area (Å²) in [6.45, 7) is 6.34. The topological polar surface area (TPSA) is 26.0 Å². The lowest BCUT2D eigenvalue weighted by Crippen LogP contribution is -2.14. The third-order valence-corrected chi connectivity index (χ3v) is 3.28. The largest absolute Gasteiger partial charge is 0.320 e. The van der Waals surface area contributed by atoms with E-state index in [9.17, 15) is 0 Å². The molecule has 0 spiro atoms. The van der Waals surface area contributed by atoms with Gasteiger partial charge in [-0.25, -0.2) is 0 Å². The van der Waals surface area contributed by atoms with Gasteiger partial charge in [0.2, 0.25) is 0 Å². The van der Waals surface area contributed by atoms with Crippen molar-refractivity contribution in [3.63, 3.8) is 0 Å². The van der Waals surface area contributed by atoms with Crippen LogP contribution in [0.2, 0.25) is 0 Å². The van der Waals surface area contributed by atoms with Gasteiger partial charge in [0, 0.05) is 0 Å². The van der Waals surface area contributed by atoms with E-state index in [4.69, 9.17) is 5.73 Å². The molecule has 0 aliphatic rings. The summed E-state index contributed by atoms with van der Waals surface area (Å²) in [6.07, 6.45) is 0. The smallest absolute Gasteiger partial charge is 0.0556 e. The summed E-state index contributed by atoms with van der Waals surface area (Å²) >= 11 is 0. The summed E-state index contributed by atoms with van der Waals surface area (Å²) < 4.78 is 0. The fourth-order valence-electron chi connectivity index (χ4n) is 2.28. The Kier molecular flexibility index (Phi) is 3.30. The number of rotatable bonds is 2. The van der Waals surface area contributed by atoms with Crippen LogP contribution in [0, 0.1) is 20.8 Å². The Morgan fingerprint density at radius 3 is 2.12 bits per heavy atom. The lowest BCUT2D eigenvalue weighted by Gasteiger charge is -2.17. The predicted octanol–water partition coefficient (Wildman–Crippen LogP) is 3.66. The summed E-state index contributed by atoms with van der Waals surface area (Å²) in [5.74, 6) is 0. The molecule has 17 heavy (non-hydrogen) atoms. The van der Waals surface area contributed by atoms with E-state index in [2.05, 4.69) is 51.1 Å². The summed E-state index contributed by atoms with van der Waals surface area (Å²) in [7, 11) is 0. The van der Waals surface area contributed by atoms with Gasteiger partial charge in [0.15, 0.2) is 0 Å². The molecule has 0 heterocycles. The van der Waals surface area contributed by atoms with Gasteiger partial charge in [0.1, 0.15) is 0 Å². The van der Waals surface area contributed by atoms with Crippen LogP contribution in [0.1, 0.15) is 33.9 Å². The SMILES string of the molecule is Cc1ccc(C(N)c2ccccc2C)c(C)c1. The minimum atomic E-state index is -0.0307. The first-order valence-corrected chi connectivity index (χ1v) is 5.98. The lowest BCUT2D eigenvalue weighted by atomic mass is 9.92. The summed E-state index contributed by atoms with van der Waals surface area (Å²) in [6, 6.07) is 14.7. The molecule has 2 aromatic carbocycles. The molecule has 0 radical (unpaired) electrons. The van der Waals surface area contributed by atoms with Crippen molar-refractivity contribution in [2.45, 2.75) is 26.8 Å². The highest BCUT2D eigenvalue weighted by atomic mass is 14.6. The average molecular weight is 225 g/mol. The van der Waals surface area contributed by atoms with E-state index in [1.165, 1.54) is 27.8 Å². The molecular formula is C16H19N. The van der Waals surface area contributed by atoms with Crippen LogP contribution >= 0.6 is 0 Å². The summed E-state index contributed by atoms with van der Waals surface area (Å²) in [5, 5.41) is 0. The Hall–Kier alpha value is -1.60. The molecule has 0 saturated carbocycles.